The number of hydrogen-bond donors (Lipinski definition) is 1. The number of aryl methyl sites for hydroxylation is 1. The summed E-state index contributed by atoms with van der Waals surface area (Å²) in [6.45, 7) is 2.34. The summed E-state index contributed by atoms with van der Waals surface area (Å²) in [5, 5.41) is 7.59. The Kier molecular flexibility index (Phi) is 4.58. The summed E-state index contributed by atoms with van der Waals surface area (Å²) < 4.78 is 6.98. The fourth-order valence-corrected chi connectivity index (χ4v) is 2.92. The number of hydrogen-bond acceptors (Lipinski definition) is 3. The van der Waals surface area contributed by atoms with E-state index in [1.54, 1.807) is 17.0 Å². The molecule has 4 rings (SSSR count). The summed E-state index contributed by atoms with van der Waals surface area (Å²) >= 11 is 0. The first-order valence-corrected chi connectivity index (χ1v) is 8.74. The predicted octanol–water partition coefficient (Wildman–Crippen LogP) is 4.37. The van der Waals surface area contributed by atoms with Crippen LogP contribution in [0.5, 0.6) is 0 Å². The summed E-state index contributed by atoms with van der Waals surface area (Å²) in [5.41, 5.74) is 4.14. The van der Waals surface area contributed by atoms with Crippen LogP contribution in [0, 0.1) is 6.92 Å². The molecule has 5 nitrogen and oxygen atoms in total. The van der Waals surface area contributed by atoms with Crippen LogP contribution in [0.2, 0.25) is 0 Å². The van der Waals surface area contributed by atoms with E-state index in [1.165, 1.54) is 0 Å². The van der Waals surface area contributed by atoms with Crippen molar-refractivity contribution < 1.29 is 9.21 Å². The molecule has 0 aliphatic rings. The number of furan rings is 1. The van der Waals surface area contributed by atoms with E-state index in [2.05, 4.69) is 5.32 Å². The minimum absolute atomic E-state index is 0.206. The summed E-state index contributed by atoms with van der Waals surface area (Å²) in [5.74, 6) is 0.496. The molecule has 2 aromatic heterocycles. The Morgan fingerprint density at radius 2 is 1.89 bits per heavy atom. The van der Waals surface area contributed by atoms with Crippen molar-refractivity contribution in [1.82, 2.24) is 15.1 Å². The number of rotatable bonds is 5. The van der Waals surface area contributed by atoms with Crippen molar-refractivity contribution in [2.75, 3.05) is 0 Å². The van der Waals surface area contributed by atoms with Crippen molar-refractivity contribution >= 4 is 5.91 Å². The van der Waals surface area contributed by atoms with Crippen LogP contribution in [0.3, 0.4) is 0 Å². The summed E-state index contributed by atoms with van der Waals surface area (Å²) in [6.07, 6.45) is 1.59. The Balaban J connectivity index is 1.71. The van der Waals surface area contributed by atoms with E-state index in [-0.39, 0.29) is 5.91 Å². The Morgan fingerprint density at radius 1 is 1.04 bits per heavy atom. The molecule has 0 spiro atoms. The molecule has 1 amide bonds. The van der Waals surface area contributed by atoms with Crippen molar-refractivity contribution in [3.8, 4) is 16.9 Å². The quantitative estimate of drug-likeness (QED) is 0.577. The van der Waals surface area contributed by atoms with Crippen molar-refractivity contribution in [1.29, 1.82) is 0 Å². The van der Waals surface area contributed by atoms with E-state index in [1.807, 2.05) is 73.7 Å². The topological polar surface area (TPSA) is 60.1 Å². The highest BCUT2D eigenvalue weighted by Gasteiger charge is 2.18. The first kappa shape index (κ1) is 16.8. The molecular weight excluding hydrogens is 338 g/mol. The lowest BCUT2D eigenvalue weighted by molar-refractivity contribution is 0.0940. The molecule has 0 aliphatic carbocycles. The van der Waals surface area contributed by atoms with Gasteiger partial charge in [-0.15, -0.1) is 0 Å². The predicted molar refractivity (Wildman–Crippen MR) is 104 cm³/mol. The molecule has 5 heteroatoms. The monoisotopic (exact) mass is 357 g/mol. The van der Waals surface area contributed by atoms with Gasteiger partial charge in [0.2, 0.25) is 0 Å². The van der Waals surface area contributed by atoms with Gasteiger partial charge in [0, 0.05) is 5.56 Å². The number of benzene rings is 2. The Labute approximate surface area is 157 Å². The molecule has 0 saturated heterocycles. The molecule has 2 aromatic carbocycles. The van der Waals surface area contributed by atoms with Crippen LogP contribution in [0.1, 0.15) is 21.8 Å². The van der Waals surface area contributed by atoms with Crippen molar-refractivity contribution in [2.45, 2.75) is 13.5 Å². The highest BCUT2D eigenvalue weighted by molar-refractivity contribution is 5.94. The molecule has 0 fully saturated rings. The second-order valence-electron chi connectivity index (χ2n) is 6.29. The fraction of sp³-hybridized carbons (Fsp3) is 0.0909. The van der Waals surface area contributed by atoms with Crippen molar-refractivity contribution in [3.05, 3.63) is 96.1 Å². The van der Waals surface area contributed by atoms with Gasteiger partial charge in [-0.25, -0.2) is 4.68 Å². The largest absolute Gasteiger partial charge is 0.467 e. The van der Waals surface area contributed by atoms with Crippen LogP contribution in [0.15, 0.2) is 83.5 Å². The van der Waals surface area contributed by atoms with Crippen LogP contribution < -0.4 is 5.32 Å². The number of nitrogens with one attached hydrogen (secondary N) is 1. The van der Waals surface area contributed by atoms with Crippen molar-refractivity contribution in [3.63, 3.8) is 0 Å². The average Bonchev–Trinajstić information content (AvgIpc) is 3.37. The molecule has 0 aliphatic heterocycles. The number of carbonyl (C=O) groups is 1. The molecular formula is C22H19N3O2. The Bertz CT molecular complexity index is 1050. The SMILES string of the molecule is Cc1cccc(-n2nc(-c3ccccc3)cc2C(=O)NCc2ccco2)c1. The lowest BCUT2D eigenvalue weighted by Crippen LogP contribution is -2.25. The second kappa shape index (κ2) is 7.33. The molecule has 27 heavy (non-hydrogen) atoms. The van der Waals surface area contributed by atoms with Crippen molar-refractivity contribution in [2.24, 2.45) is 0 Å². The third-order valence-corrected chi connectivity index (χ3v) is 4.26. The number of nitrogens with zero attached hydrogens (tertiary/aromatic N) is 2. The van der Waals surface area contributed by atoms with Gasteiger partial charge < -0.3 is 9.73 Å². The molecule has 4 aromatic rings. The van der Waals surface area contributed by atoms with E-state index in [0.29, 0.717) is 18.0 Å². The molecule has 0 saturated carbocycles. The van der Waals surface area contributed by atoms with Gasteiger partial charge >= 0.3 is 0 Å². The highest BCUT2D eigenvalue weighted by Crippen LogP contribution is 2.22. The summed E-state index contributed by atoms with van der Waals surface area (Å²) in [4.78, 5) is 12.8. The highest BCUT2D eigenvalue weighted by atomic mass is 16.3. The maximum Gasteiger partial charge on any atom is 0.270 e. The fourth-order valence-electron chi connectivity index (χ4n) is 2.92. The van der Waals surface area contributed by atoms with Gasteiger partial charge in [-0.1, -0.05) is 42.5 Å². The molecule has 0 radical (unpaired) electrons. The molecule has 0 bridgehead atoms. The minimum atomic E-state index is -0.206. The maximum atomic E-state index is 12.8. The summed E-state index contributed by atoms with van der Waals surface area (Å²) in [7, 11) is 0. The average molecular weight is 357 g/mol. The van der Waals surface area contributed by atoms with Crippen LogP contribution in [-0.2, 0) is 6.54 Å². The van der Waals surface area contributed by atoms with Crippen LogP contribution >= 0.6 is 0 Å². The molecule has 2 heterocycles. The third kappa shape index (κ3) is 3.67. The van der Waals surface area contributed by atoms with E-state index in [9.17, 15) is 4.79 Å². The van der Waals surface area contributed by atoms with E-state index in [0.717, 1.165) is 22.5 Å². The smallest absolute Gasteiger partial charge is 0.270 e. The zero-order valence-electron chi connectivity index (χ0n) is 14.9. The van der Waals surface area contributed by atoms with Gasteiger partial charge in [0.05, 0.1) is 24.2 Å². The van der Waals surface area contributed by atoms with Gasteiger partial charge in [0.1, 0.15) is 11.5 Å². The normalized spacial score (nSPS) is 10.7. The molecule has 0 unspecified atom stereocenters. The standard InChI is InChI=1S/C22H19N3O2/c1-16-7-5-10-18(13-16)25-21(22(26)23-15-19-11-6-12-27-19)14-20(24-25)17-8-3-2-4-9-17/h2-14H,15H2,1H3,(H,23,26). The first-order chi connectivity index (χ1) is 13.2. The lowest BCUT2D eigenvalue weighted by atomic mass is 10.1. The van der Waals surface area contributed by atoms with Gasteiger partial charge in [-0.2, -0.15) is 5.10 Å². The Morgan fingerprint density at radius 3 is 2.63 bits per heavy atom. The van der Waals surface area contributed by atoms with Gasteiger partial charge in [-0.05, 0) is 42.8 Å². The van der Waals surface area contributed by atoms with E-state index >= 15 is 0 Å². The van der Waals surface area contributed by atoms with Gasteiger partial charge in [0.15, 0.2) is 0 Å². The zero-order chi connectivity index (χ0) is 18.6. The summed E-state index contributed by atoms with van der Waals surface area (Å²) in [6, 6.07) is 23.2. The molecule has 1 N–H and O–H groups in total. The van der Waals surface area contributed by atoms with Crippen LogP contribution in [0.25, 0.3) is 16.9 Å². The molecule has 134 valence electrons. The van der Waals surface area contributed by atoms with Crippen LogP contribution in [0.4, 0.5) is 0 Å². The third-order valence-electron chi connectivity index (χ3n) is 4.26. The van der Waals surface area contributed by atoms with E-state index in [4.69, 9.17) is 9.52 Å². The second-order valence-corrected chi connectivity index (χ2v) is 6.29. The van der Waals surface area contributed by atoms with Gasteiger partial charge in [0.25, 0.3) is 5.91 Å². The zero-order valence-corrected chi connectivity index (χ0v) is 14.9. The molecule has 0 atom stereocenters. The lowest BCUT2D eigenvalue weighted by Gasteiger charge is -2.08. The number of carbonyl (C=O) groups excluding carboxylic acids is 1. The maximum absolute atomic E-state index is 12.8. The number of aromatic nitrogens is 2. The first-order valence-electron chi connectivity index (χ1n) is 8.74. The van der Waals surface area contributed by atoms with Crippen LogP contribution in [-0.4, -0.2) is 15.7 Å². The number of amides is 1. The van der Waals surface area contributed by atoms with Gasteiger partial charge in [-0.3, -0.25) is 4.79 Å². The van der Waals surface area contributed by atoms with E-state index < -0.39 is 0 Å². The minimum Gasteiger partial charge on any atom is -0.467 e. The Hall–Kier alpha value is -3.60.